The first kappa shape index (κ1) is 12.7. The van der Waals surface area contributed by atoms with Gasteiger partial charge in [-0.3, -0.25) is 4.79 Å². The van der Waals surface area contributed by atoms with Gasteiger partial charge in [0.15, 0.2) is 0 Å². The Morgan fingerprint density at radius 2 is 2.05 bits per heavy atom. The summed E-state index contributed by atoms with van der Waals surface area (Å²) >= 11 is 4.95. The van der Waals surface area contributed by atoms with E-state index in [9.17, 15) is 4.79 Å². The molecule has 0 saturated heterocycles. The predicted molar refractivity (Wildman–Crippen MR) is 81.2 cm³/mol. The second kappa shape index (κ2) is 4.65. The van der Waals surface area contributed by atoms with Crippen molar-refractivity contribution in [1.82, 2.24) is 4.90 Å². The van der Waals surface area contributed by atoms with Crippen molar-refractivity contribution in [3.05, 3.63) is 49.6 Å². The van der Waals surface area contributed by atoms with Crippen molar-refractivity contribution in [2.24, 2.45) is 0 Å². The Kier molecular flexibility index (Phi) is 3.11. The van der Waals surface area contributed by atoms with Gasteiger partial charge in [-0.25, -0.2) is 0 Å². The summed E-state index contributed by atoms with van der Waals surface area (Å²) in [6.45, 7) is 3.31. The Morgan fingerprint density at radius 1 is 1.32 bits per heavy atom. The highest BCUT2D eigenvalue weighted by Crippen LogP contribution is 2.31. The molecular weight excluding hydrogens is 324 g/mol. The van der Waals surface area contributed by atoms with Gasteiger partial charge in [0.25, 0.3) is 5.91 Å². The fraction of sp³-hybridized carbons (Fsp3) is 0.214. The molecule has 2 N–H and O–H groups in total. The van der Waals surface area contributed by atoms with Crippen molar-refractivity contribution in [2.75, 3.05) is 5.73 Å². The van der Waals surface area contributed by atoms with Crippen LogP contribution in [-0.4, -0.2) is 10.8 Å². The molecule has 5 heteroatoms. The van der Waals surface area contributed by atoms with Crippen LogP contribution in [0.4, 0.5) is 5.69 Å². The zero-order chi connectivity index (χ0) is 13.6. The summed E-state index contributed by atoms with van der Waals surface area (Å²) in [5.74, 6) is 0.0913. The minimum absolute atomic E-state index is 0.0913. The number of rotatable bonds is 1. The molecule has 0 saturated carbocycles. The third-order valence-corrected chi connectivity index (χ3v) is 5.43. The van der Waals surface area contributed by atoms with Crippen LogP contribution in [0.3, 0.4) is 0 Å². The molecule has 2 aromatic rings. The number of nitrogens with zero attached hydrogens (tertiary/aromatic N) is 1. The largest absolute Gasteiger partial charge is 0.399 e. The van der Waals surface area contributed by atoms with E-state index < -0.39 is 0 Å². The second-order valence-electron chi connectivity index (χ2n) is 4.76. The predicted octanol–water partition coefficient (Wildman–Crippen LogP) is 3.56. The van der Waals surface area contributed by atoms with Gasteiger partial charge in [-0.05, 0) is 57.7 Å². The van der Waals surface area contributed by atoms with E-state index in [1.807, 2.05) is 36.1 Å². The van der Waals surface area contributed by atoms with E-state index in [1.54, 1.807) is 0 Å². The quantitative estimate of drug-likeness (QED) is 0.809. The van der Waals surface area contributed by atoms with Gasteiger partial charge in [-0.15, -0.1) is 11.3 Å². The average Bonchev–Trinajstić information content (AvgIpc) is 2.92. The summed E-state index contributed by atoms with van der Waals surface area (Å²) in [4.78, 5) is 15.1. The van der Waals surface area contributed by atoms with Crippen molar-refractivity contribution in [3.8, 4) is 0 Å². The Bertz CT molecular complexity index is 646. The lowest BCUT2D eigenvalue weighted by Crippen LogP contribution is -2.24. The Balaban J connectivity index is 1.84. The van der Waals surface area contributed by atoms with Crippen molar-refractivity contribution in [3.63, 3.8) is 0 Å². The first-order valence-corrected chi connectivity index (χ1v) is 7.58. The lowest BCUT2D eigenvalue weighted by molar-refractivity contribution is 0.0756. The fourth-order valence-corrected chi connectivity index (χ4v) is 3.78. The monoisotopic (exact) mass is 336 g/mol. The molecule has 0 aliphatic carbocycles. The standard InChI is InChI=1S/C14H13BrN2OS/c1-8-4-12(19-13(8)15)14(18)17-6-9-2-3-11(16)5-10(9)7-17/h2-5H,6-7,16H2,1H3. The molecule has 2 heterocycles. The summed E-state index contributed by atoms with van der Waals surface area (Å²) in [6.07, 6.45) is 0. The van der Waals surface area contributed by atoms with Crippen LogP contribution >= 0.6 is 27.3 Å². The topological polar surface area (TPSA) is 46.3 Å². The summed E-state index contributed by atoms with van der Waals surface area (Å²) in [7, 11) is 0. The van der Waals surface area contributed by atoms with Crippen LogP contribution in [0.2, 0.25) is 0 Å². The van der Waals surface area contributed by atoms with E-state index >= 15 is 0 Å². The fourth-order valence-electron chi connectivity index (χ4n) is 2.28. The average molecular weight is 337 g/mol. The zero-order valence-electron chi connectivity index (χ0n) is 10.4. The number of benzene rings is 1. The molecule has 3 nitrogen and oxygen atoms in total. The van der Waals surface area contributed by atoms with Crippen LogP contribution in [0.1, 0.15) is 26.4 Å². The van der Waals surface area contributed by atoms with Gasteiger partial charge in [0.05, 0.1) is 8.66 Å². The number of nitrogens with two attached hydrogens (primary N) is 1. The smallest absolute Gasteiger partial charge is 0.264 e. The van der Waals surface area contributed by atoms with Crippen molar-refractivity contribution in [1.29, 1.82) is 0 Å². The molecule has 0 atom stereocenters. The third kappa shape index (κ3) is 2.28. The summed E-state index contributed by atoms with van der Waals surface area (Å²) < 4.78 is 1.02. The number of thiophene rings is 1. The number of fused-ring (bicyclic) bond motifs is 1. The lowest BCUT2D eigenvalue weighted by Gasteiger charge is -2.13. The molecule has 19 heavy (non-hydrogen) atoms. The molecule has 0 unspecified atom stereocenters. The third-order valence-electron chi connectivity index (χ3n) is 3.31. The molecule has 98 valence electrons. The van der Waals surface area contributed by atoms with Crippen molar-refractivity contribution >= 4 is 38.9 Å². The molecule has 1 aliphatic rings. The molecule has 0 radical (unpaired) electrons. The molecule has 0 bridgehead atoms. The highest BCUT2D eigenvalue weighted by Gasteiger charge is 2.25. The van der Waals surface area contributed by atoms with E-state index in [0.29, 0.717) is 13.1 Å². The number of hydrogen-bond acceptors (Lipinski definition) is 3. The minimum atomic E-state index is 0.0913. The number of hydrogen-bond donors (Lipinski definition) is 1. The van der Waals surface area contributed by atoms with Crippen LogP contribution in [0, 0.1) is 6.92 Å². The molecule has 1 aliphatic heterocycles. The van der Waals surface area contributed by atoms with E-state index in [4.69, 9.17) is 5.73 Å². The maximum Gasteiger partial charge on any atom is 0.264 e. The maximum absolute atomic E-state index is 12.5. The Morgan fingerprint density at radius 3 is 2.74 bits per heavy atom. The van der Waals surface area contributed by atoms with Crippen molar-refractivity contribution in [2.45, 2.75) is 20.0 Å². The first-order chi connectivity index (χ1) is 9.04. The molecule has 0 spiro atoms. The Labute approximate surface area is 124 Å². The number of carbonyl (C=O) groups excluding carboxylic acids is 1. The summed E-state index contributed by atoms with van der Waals surface area (Å²) in [5.41, 5.74) is 9.98. The van der Waals surface area contributed by atoms with Crippen LogP contribution in [0.25, 0.3) is 0 Å². The molecule has 1 aromatic carbocycles. The number of nitrogen functional groups attached to an aromatic ring is 1. The van der Waals surface area contributed by atoms with Crippen LogP contribution in [0.15, 0.2) is 28.1 Å². The number of anilines is 1. The van der Waals surface area contributed by atoms with Gasteiger partial charge in [-0.2, -0.15) is 0 Å². The summed E-state index contributed by atoms with van der Waals surface area (Å²) in [6, 6.07) is 7.79. The van der Waals surface area contributed by atoms with Crippen molar-refractivity contribution < 1.29 is 4.79 Å². The molecular formula is C14H13BrN2OS. The van der Waals surface area contributed by atoms with Crippen LogP contribution in [0.5, 0.6) is 0 Å². The molecule has 1 aromatic heterocycles. The van der Waals surface area contributed by atoms with Gasteiger partial charge >= 0.3 is 0 Å². The minimum Gasteiger partial charge on any atom is -0.399 e. The van der Waals surface area contributed by atoms with E-state index in [-0.39, 0.29) is 5.91 Å². The number of carbonyl (C=O) groups is 1. The lowest BCUT2D eigenvalue weighted by atomic mass is 10.1. The molecule has 1 amide bonds. The zero-order valence-corrected chi connectivity index (χ0v) is 12.8. The molecule has 3 rings (SSSR count). The van der Waals surface area contributed by atoms with E-state index in [2.05, 4.69) is 15.9 Å². The normalized spacial score (nSPS) is 13.7. The van der Waals surface area contributed by atoms with E-state index in [0.717, 1.165) is 25.5 Å². The second-order valence-corrected chi connectivity index (χ2v) is 7.13. The van der Waals surface area contributed by atoms with Gasteiger partial charge in [0.1, 0.15) is 0 Å². The number of aryl methyl sites for hydroxylation is 1. The Hall–Kier alpha value is -1.33. The van der Waals surface area contributed by atoms with Gasteiger partial charge in [-0.1, -0.05) is 6.07 Å². The maximum atomic E-state index is 12.5. The SMILES string of the molecule is Cc1cc(C(=O)N2Cc3ccc(N)cc3C2)sc1Br. The highest BCUT2D eigenvalue weighted by molar-refractivity contribution is 9.11. The van der Waals surface area contributed by atoms with Gasteiger partial charge in [0.2, 0.25) is 0 Å². The van der Waals surface area contributed by atoms with Gasteiger partial charge in [0, 0.05) is 18.8 Å². The molecule has 0 fully saturated rings. The number of halogens is 1. The van der Waals surface area contributed by atoms with E-state index in [1.165, 1.54) is 16.9 Å². The first-order valence-electron chi connectivity index (χ1n) is 5.97. The van der Waals surface area contributed by atoms with Gasteiger partial charge < -0.3 is 10.6 Å². The number of amides is 1. The van der Waals surface area contributed by atoms with Crippen LogP contribution < -0.4 is 5.73 Å². The summed E-state index contributed by atoms with van der Waals surface area (Å²) in [5, 5.41) is 0. The highest BCUT2D eigenvalue weighted by atomic mass is 79.9. The van der Waals surface area contributed by atoms with Crippen LogP contribution in [-0.2, 0) is 13.1 Å².